The van der Waals surface area contributed by atoms with Gasteiger partial charge in [0.2, 0.25) is 0 Å². The summed E-state index contributed by atoms with van der Waals surface area (Å²) in [6.45, 7) is 23.1. The molecule has 0 heterocycles. The minimum absolute atomic E-state index is 0.0925. The van der Waals surface area contributed by atoms with E-state index in [9.17, 15) is 5.11 Å². The molecule has 0 bridgehead atoms. The van der Waals surface area contributed by atoms with Gasteiger partial charge in [0.15, 0.2) is 0 Å². The van der Waals surface area contributed by atoms with Gasteiger partial charge in [0, 0.05) is 5.92 Å². The van der Waals surface area contributed by atoms with Gasteiger partial charge in [0.25, 0.3) is 0 Å². The molecule has 3 aliphatic carbocycles. The molecule has 0 spiro atoms. The number of allylic oxidation sites excluding steroid dienone is 7. The fraction of sp³-hybridized carbons (Fsp3) is 0.737. The summed E-state index contributed by atoms with van der Waals surface area (Å²) in [7, 11) is 0. The van der Waals surface area contributed by atoms with Gasteiger partial charge in [-0.2, -0.15) is 0 Å². The summed E-state index contributed by atoms with van der Waals surface area (Å²) in [5.74, 6) is 3.03. The molecule has 0 aromatic carbocycles. The van der Waals surface area contributed by atoms with Crippen molar-refractivity contribution >= 4 is 0 Å². The first-order valence-corrected chi connectivity index (χ1v) is 16.7. The van der Waals surface area contributed by atoms with E-state index in [0.717, 1.165) is 17.9 Å². The van der Waals surface area contributed by atoms with Gasteiger partial charge in [-0.3, -0.25) is 0 Å². The van der Waals surface area contributed by atoms with E-state index in [1.54, 1.807) is 11.1 Å². The highest BCUT2D eigenvalue weighted by atomic mass is 16.3. The first-order valence-electron chi connectivity index (χ1n) is 16.7. The van der Waals surface area contributed by atoms with E-state index < -0.39 is 6.10 Å². The normalized spacial score (nSPS) is 31.6. The molecule has 0 radical (unpaired) electrons. The van der Waals surface area contributed by atoms with Crippen molar-refractivity contribution in [3.05, 3.63) is 59.8 Å². The lowest BCUT2D eigenvalue weighted by Gasteiger charge is -2.50. The maximum Gasteiger partial charge on any atom is 0.0758 e. The topological polar surface area (TPSA) is 20.2 Å². The smallest absolute Gasteiger partial charge is 0.0758 e. The largest absolute Gasteiger partial charge is 0.389 e. The summed E-state index contributed by atoms with van der Waals surface area (Å²) in [6.07, 6.45) is 28.9. The summed E-state index contributed by atoms with van der Waals surface area (Å²) < 4.78 is 0. The van der Waals surface area contributed by atoms with Crippen molar-refractivity contribution in [2.24, 2.45) is 46.3 Å². The fourth-order valence-electron chi connectivity index (χ4n) is 8.71. The van der Waals surface area contributed by atoms with Gasteiger partial charge in [-0.1, -0.05) is 135 Å². The van der Waals surface area contributed by atoms with Gasteiger partial charge in [-0.15, -0.1) is 6.58 Å². The first-order chi connectivity index (χ1) is 18.5. The van der Waals surface area contributed by atoms with Crippen LogP contribution in [0.15, 0.2) is 59.8 Å². The highest BCUT2D eigenvalue weighted by Crippen LogP contribution is 2.55. The van der Waals surface area contributed by atoms with Gasteiger partial charge in [0.05, 0.1) is 6.10 Å². The van der Waals surface area contributed by atoms with Gasteiger partial charge in [-0.25, -0.2) is 0 Å². The molecule has 3 rings (SSSR count). The second kappa shape index (κ2) is 14.0. The second-order valence-electron chi connectivity index (χ2n) is 14.1. The molecule has 1 fully saturated rings. The molecule has 0 aliphatic heterocycles. The van der Waals surface area contributed by atoms with E-state index in [1.807, 2.05) is 6.92 Å². The molecule has 1 heteroatoms. The first kappa shape index (κ1) is 32.2. The molecular formula is C38H62O. The van der Waals surface area contributed by atoms with Crippen molar-refractivity contribution in [3.8, 4) is 0 Å². The van der Waals surface area contributed by atoms with Crippen molar-refractivity contribution < 1.29 is 5.11 Å². The van der Waals surface area contributed by atoms with E-state index >= 15 is 0 Å². The van der Waals surface area contributed by atoms with Crippen LogP contribution in [0.5, 0.6) is 0 Å². The van der Waals surface area contributed by atoms with Crippen LogP contribution < -0.4 is 0 Å². The average molecular weight is 535 g/mol. The molecule has 1 nitrogen and oxygen atoms in total. The van der Waals surface area contributed by atoms with Crippen molar-refractivity contribution in [2.75, 3.05) is 0 Å². The Balaban J connectivity index is 1.79. The Labute approximate surface area is 243 Å². The van der Waals surface area contributed by atoms with Crippen LogP contribution in [0.4, 0.5) is 0 Å². The van der Waals surface area contributed by atoms with Gasteiger partial charge in [0.1, 0.15) is 0 Å². The van der Waals surface area contributed by atoms with E-state index in [-0.39, 0.29) is 5.41 Å². The van der Waals surface area contributed by atoms with Crippen LogP contribution in [-0.4, -0.2) is 11.2 Å². The van der Waals surface area contributed by atoms with Crippen molar-refractivity contribution in [3.63, 3.8) is 0 Å². The monoisotopic (exact) mass is 534 g/mol. The van der Waals surface area contributed by atoms with Crippen LogP contribution in [0.2, 0.25) is 0 Å². The Kier molecular flexibility index (Phi) is 11.6. The number of rotatable bonds is 14. The third kappa shape index (κ3) is 7.12. The molecule has 0 aromatic heterocycles. The Morgan fingerprint density at radius 1 is 1.13 bits per heavy atom. The van der Waals surface area contributed by atoms with Gasteiger partial charge in [-0.05, 0) is 85.0 Å². The third-order valence-corrected chi connectivity index (χ3v) is 11.4. The maximum absolute atomic E-state index is 10.2. The lowest BCUT2D eigenvalue weighted by Crippen LogP contribution is -2.42. The minimum atomic E-state index is -0.400. The number of hydrogen-bond acceptors (Lipinski definition) is 1. The molecule has 3 aliphatic rings. The molecule has 0 aromatic rings. The molecule has 1 N–H and O–H groups in total. The highest BCUT2D eigenvalue weighted by molar-refractivity contribution is 5.40. The number of aliphatic hydroxyl groups excluding tert-OH is 1. The molecule has 7 atom stereocenters. The molecule has 39 heavy (non-hydrogen) atoms. The Hall–Kier alpha value is -1.34. The summed E-state index contributed by atoms with van der Waals surface area (Å²) in [4.78, 5) is 0. The zero-order chi connectivity index (χ0) is 28.8. The fourth-order valence-corrected chi connectivity index (χ4v) is 8.71. The summed E-state index contributed by atoms with van der Waals surface area (Å²) in [5, 5.41) is 10.2. The number of hydrogen-bond donors (Lipinski definition) is 1. The summed E-state index contributed by atoms with van der Waals surface area (Å²) in [5.41, 5.74) is 5.13. The van der Waals surface area contributed by atoms with Crippen LogP contribution in [-0.2, 0) is 0 Å². The zero-order valence-electron chi connectivity index (χ0n) is 26.9. The standard InChI is InChI=1S/C38H62O/c1-10-17-30(19-15-23-38(13-4)24-16-25-38)18-14-20-33-28(6)36(35(12-3)37(8,9)34(33)11-2)32-22-21-31(29(7)39)26-27(32)5/h11,14,20-22,26-30,32-34,39H,2,10,12-13,15-19,23-25H2,1,3-9H3/b20-14-/t27?,28-,29-,30?,32?,33?,34?/m1/s1. The van der Waals surface area contributed by atoms with Gasteiger partial charge >= 0.3 is 0 Å². The highest BCUT2D eigenvalue weighted by Gasteiger charge is 2.46. The lowest BCUT2D eigenvalue weighted by atomic mass is 9.54. The molecular weight excluding hydrogens is 472 g/mol. The third-order valence-electron chi connectivity index (χ3n) is 11.4. The molecule has 5 unspecified atom stereocenters. The van der Waals surface area contributed by atoms with E-state index in [0.29, 0.717) is 35.0 Å². The van der Waals surface area contributed by atoms with Crippen LogP contribution >= 0.6 is 0 Å². The second-order valence-corrected chi connectivity index (χ2v) is 14.1. The van der Waals surface area contributed by atoms with E-state index in [4.69, 9.17) is 0 Å². The summed E-state index contributed by atoms with van der Waals surface area (Å²) >= 11 is 0. The Morgan fingerprint density at radius 2 is 1.85 bits per heavy atom. The predicted molar refractivity (Wildman–Crippen MR) is 172 cm³/mol. The Morgan fingerprint density at radius 3 is 2.36 bits per heavy atom. The minimum Gasteiger partial charge on any atom is -0.389 e. The SMILES string of the molecule is C=CC1C(/C=C\CC(CCC)CCCC2(CC)CCC2)[C@@H](C)C(C2C=CC([C@@H](C)O)=CC2C)=C(CC)C1(C)C. The van der Waals surface area contributed by atoms with Gasteiger partial charge < -0.3 is 5.11 Å². The van der Waals surface area contributed by atoms with Crippen LogP contribution in [0, 0.1) is 46.3 Å². The Bertz CT molecular complexity index is 915. The van der Waals surface area contributed by atoms with Crippen molar-refractivity contribution in [1.29, 1.82) is 0 Å². The predicted octanol–water partition coefficient (Wildman–Crippen LogP) is 11.0. The quantitative estimate of drug-likeness (QED) is 0.220. The van der Waals surface area contributed by atoms with Crippen molar-refractivity contribution in [2.45, 2.75) is 132 Å². The van der Waals surface area contributed by atoms with Crippen LogP contribution in [0.25, 0.3) is 0 Å². The zero-order valence-corrected chi connectivity index (χ0v) is 26.9. The summed E-state index contributed by atoms with van der Waals surface area (Å²) in [6, 6.07) is 0. The lowest BCUT2D eigenvalue weighted by molar-refractivity contribution is 0.107. The van der Waals surface area contributed by atoms with Crippen LogP contribution in [0.1, 0.15) is 126 Å². The van der Waals surface area contributed by atoms with E-state index in [1.165, 1.54) is 64.2 Å². The molecule has 0 amide bonds. The van der Waals surface area contributed by atoms with E-state index in [2.05, 4.69) is 91.5 Å². The average Bonchev–Trinajstić information content (AvgIpc) is 2.87. The van der Waals surface area contributed by atoms with Crippen molar-refractivity contribution in [1.82, 2.24) is 0 Å². The molecule has 0 saturated heterocycles. The number of aliphatic hydroxyl groups is 1. The molecule has 220 valence electrons. The maximum atomic E-state index is 10.2. The molecule has 1 saturated carbocycles. The van der Waals surface area contributed by atoms with Crippen LogP contribution in [0.3, 0.4) is 0 Å².